The Hall–Kier alpha value is -1.51. The van der Waals surface area contributed by atoms with E-state index >= 15 is 0 Å². The maximum absolute atomic E-state index is 5.67. The van der Waals surface area contributed by atoms with Gasteiger partial charge in [-0.05, 0) is 18.6 Å². The van der Waals surface area contributed by atoms with Crippen molar-refractivity contribution in [2.24, 2.45) is 0 Å². The molecule has 0 saturated heterocycles. The number of H-pyrrole nitrogens is 1. The molecule has 1 aromatic carbocycles. The molecule has 1 aromatic heterocycles. The Morgan fingerprint density at radius 1 is 1.31 bits per heavy atom. The van der Waals surface area contributed by atoms with Crippen LogP contribution in [0, 0.1) is 6.33 Å². The van der Waals surface area contributed by atoms with E-state index in [-0.39, 0.29) is 0 Å². The molecule has 2 aromatic rings. The molecule has 0 spiro atoms. The van der Waals surface area contributed by atoms with Crippen LogP contribution in [-0.2, 0) is 0 Å². The SMILES string of the molecule is CCCCCCOc1ccc2n[c][nH]c2c1. The van der Waals surface area contributed by atoms with Gasteiger partial charge in [0.15, 0.2) is 6.33 Å². The minimum absolute atomic E-state index is 0.795. The van der Waals surface area contributed by atoms with E-state index in [0.29, 0.717) is 0 Å². The molecule has 0 saturated carbocycles. The highest BCUT2D eigenvalue weighted by Crippen LogP contribution is 2.17. The smallest absolute Gasteiger partial charge is 0.174 e. The van der Waals surface area contributed by atoms with Crippen LogP contribution in [0.25, 0.3) is 11.0 Å². The van der Waals surface area contributed by atoms with E-state index in [2.05, 4.69) is 23.2 Å². The van der Waals surface area contributed by atoms with E-state index in [0.717, 1.165) is 29.8 Å². The van der Waals surface area contributed by atoms with Crippen LogP contribution in [0.5, 0.6) is 5.75 Å². The highest BCUT2D eigenvalue weighted by Gasteiger charge is 1.99. The number of nitrogens with zero attached hydrogens (tertiary/aromatic N) is 1. The lowest BCUT2D eigenvalue weighted by molar-refractivity contribution is 0.305. The Morgan fingerprint density at radius 3 is 3.12 bits per heavy atom. The van der Waals surface area contributed by atoms with Crippen molar-refractivity contribution in [1.29, 1.82) is 0 Å². The molecule has 3 heteroatoms. The topological polar surface area (TPSA) is 37.9 Å². The second kappa shape index (κ2) is 5.54. The van der Waals surface area contributed by atoms with Crippen molar-refractivity contribution in [1.82, 2.24) is 9.97 Å². The molecule has 16 heavy (non-hydrogen) atoms. The number of fused-ring (bicyclic) bond motifs is 1. The van der Waals surface area contributed by atoms with Crippen molar-refractivity contribution in [3.63, 3.8) is 0 Å². The highest BCUT2D eigenvalue weighted by molar-refractivity contribution is 5.75. The fourth-order valence-corrected chi connectivity index (χ4v) is 1.67. The van der Waals surface area contributed by atoms with Crippen molar-refractivity contribution in [3.05, 3.63) is 24.5 Å². The summed E-state index contributed by atoms with van der Waals surface area (Å²) in [4.78, 5) is 7.00. The Bertz CT molecular complexity index is 436. The molecule has 1 heterocycles. The van der Waals surface area contributed by atoms with Crippen molar-refractivity contribution in [3.8, 4) is 5.75 Å². The van der Waals surface area contributed by atoms with Crippen molar-refractivity contribution >= 4 is 11.0 Å². The summed E-state index contributed by atoms with van der Waals surface area (Å²) in [7, 11) is 0. The first kappa shape index (κ1) is 11.0. The second-order valence-corrected chi connectivity index (χ2v) is 3.94. The summed E-state index contributed by atoms with van der Waals surface area (Å²) in [6, 6.07) is 5.87. The molecule has 2 rings (SSSR count). The summed E-state index contributed by atoms with van der Waals surface area (Å²) in [5.74, 6) is 0.904. The van der Waals surface area contributed by atoms with Gasteiger partial charge in [-0.25, -0.2) is 4.98 Å². The predicted molar refractivity (Wildman–Crippen MR) is 64.6 cm³/mol. The Morgan fingerprint density at radius 2 is 2.25 bits per heavy atom. The lowest BCUT2D eigenvalue weighted by Gasteiger charge is -2.05. The molecular weight excluding hydrogens is 200 g/mol. The molecule has 0 amide bonds. The Labute approximate surface area is 95.8 Å². The average molecular weight is 217 g/mol. The number of aromatic nitrogens is 2. The lowest BCUT2D eigenvalue weighted by atomic mass is 10.2. The Kier molecular flexibility index (Phi) is 3.81. The molecule has 1 radical (unpaired) electrons. The van der Waals surface area contributed by atoms with Gasteiger partial charge in [0.2, 0.25) is 0 Å². The van der Waals surface area contributed by atoms with Crippen molar-refractivity contribution < 1.29 is 4.74 Å². The summed E-state index contributed by atoms with van der Waals surface area (Å²) in [5, 5.41) is 0. The fourth-order valence-electron chi connectivity index (χ4n) is 1.67. The molecule has 0 aliphatic rings. The van der Waals surface area contributed by atoms with Gasteiger partial charge in [-0.2, -0.15) is 0 Å². The number of benzene rings is 1. The van der Waals surface area contributed by atoms with Crippen LogP contribution >= 0.6 is 0 Å². The molecule has 0 fully saturated rings. The van der Waals surface area contributed by atoms with Gasteiger partial charge in [0.25, 0.3) is 0 Å². The second-order valence-electron chi connectivity index (χ2n) is 3.94. The van der Waals surface area contributed by atoms with Crippen LogP contribution < -0.4 is 4.74 Å². The molecular formula is C13H17N2O. The van der Waals surface area contributed by atoms with Crippen LogP contribution in [0.4, 0.5) is 0 Å². The quantitative estimate of drug-likeness (QED) is 0.754. The zero-order valence-electron chi connectivity index (χ0n) is 9.62. The molecule has 0 aliphatic heterocycles. The lowest BCUT2D eigenvalue weighted by Crippen LogP contribution is -1.96. The van der Waals surface area contributed by atoms with Gasteiger partial charge >= 0.3 is 0 Å². The largest absolute Gasteiger partial charge is 0.494 e. The third-order valence-corrected chi connectivity index (χ3v) is 2.60. The van der Waals surface area contributed by atoms with Gasteiger partial charge in [0.1, 0.15) is 5.75 Å². The standard InChI is InChI=1S/C13H17N2O/c1-2-3-4-5-8-16-11-6-7-12-13(9-11)15-10-14-12/h6-7,9H,2-5,8H2,1H3,(H,14,15). The van der Waals surface area contributed by atoms with Gasteiger partial charge in [-0.15, -0.1) is 0 Å². The van der Waals surface area contributed by atoms with E-state index < -0.39 is 0 Å². The average Bonchev–Trinajstić information content (AvgIpc) is 2.76. The summed E-state index contributed by atoms with van der Waals surface area (Å²) in [6.07, 6.45) is 7.64. The summed E-state index contributed by atoms with van der Waals surface area (Å²) in [6.45, 7) is 3.01. The fraction of sp³-hybridized carbons (Fsp3) is 0.462. The number of aromatic amines is 1. The summed E-state index contributed by atoms with van der Waals surface area (Å²) >= 11 is 0. The Balaban J connectivity index is 1.84. The van der Waals surface area contributed by atoms with Gasteiger partial charge in [-0.1, -0.05) is 26.2 Å². The minimum Gasteiger partial charge on any atom is -0.494 e. The number of ether oxygens (including phenoxy) is 1. The maximum Gasteiger partial charge on any atom is 0.174 e. The number of hydrogen-bond donors (Lipinski definition) is 1. The molecule has 0 atom stereocenters. The van der Waals surface area contributed by atoms with Gasteiger partial charge in [0, 0.05) is 6.07 Å². The van der Waals surface area contributed by atoms with Crippen LogP contribution in [0.1, 0.15) is 32.6 Å². The molecule has 0 bridgehead atoms. The maximum atomic E-state index is 5.67. The van der Waals surface area contributed by atoms with Crippen molar-refractivity contribution in [2.45, 2.75) is 32.6 Å². The van der Waals surface area contributed by atoms with Gasteiger partial charge < -0.3 is 9.72 Å². The van der Waals surface area contributed by atoms with Crippen LogP contribution in [0.3, 0.4) is 0 Å². The first-order chi connectivity index (χ1) is 7.90. The van der Waals surface area contributed by atoms with E-state index in [4.69, 9.17) is 4.74 Å². The number of unbranched alkanes of at least 4 members (excludes halogenated alkanes) is 3. The molecule has 85 valence electrons. The number of hydrogen-bond acceptors (Lipinski definition) is 2. The van der Waals surface area contributed by atoms with Gasteiger partial charge in [-0.3, -0.25) is 0 Å². The van der Waals surface area contributed by atoms with E-state index in [1.807, 2.05) is 18.2 Å². The van der Waals surface area contributed by atoms with Crippen LogP contribution in [-0.4, -0.2) is 16.6 Å². The van der Waals surface area contributed by atoms with E-state index in [1.165, 1.54) is 19.3 Å². The van der Waals surface area contributed by atoms with Crippen LogP contribution in [0.2, 0.25) is 0 Å². The third-order valence-electron chi connectivity index (χ3n) is 2.60. The zero-order valence-corrected chi connectivity index (χ0v) is 9.62. The number of rotatable bonds is 6. The monoisotopic (exact) mass is 217 g/mol. The van der Waals surface area contributed by atoms with Crippen LogP contribution in [0.15, 0.2) is 18.2 Å². The molecule has 3 nitrogen and oxygen atoms in total. The predicted octanol–water partition coefficient (Wildman–Crippen LogP) is 3.32. The van der Waals surface area contributed by atoms with Gasteiger partial charge in [0.05, 0.1) is 17.6 Å². The number of imidazole rings is 1. The molecule has 0 aliphatic carbocycles. The summed E-state index contributed by atoms with van der Waals surface area (Å²) in [5.41, 5.74) is 1.91. The highest BCUT2D eigenvalue weighted by atomic mass is 16.5. The summed E-state index contributed by atoms with van der Waals surface area (Å²) < 4.78 is 5.67. The molecule has 1 N–H and O–H groups in total. The zero-order chi connectivity index (χ0) is 11.2. The minimum atomic E-state index is 0.795. The first-order valence-corrected chi connectivity index (χ1v) is 5.89. The molecule has 0 unspecified atom stereocenters. The van der Waals surface area contributed by atoms with E-state index in [1.54, 1.807) is 0 Å². The number of nitrogens with one attached hydrogen (secondary N) is 1. The van der Waals surface area contributed by atoms with E-state index in [9.17, 15) is 0 Å². The normalized spacial score (nSPS) is 10.8. The first-order valence-electron chi connectivity index (χ1n) is 5.89. The van der Waals surface area contributed by atoms with Crippen molar-refractivity contribution in [2.75, 3.05) is 6.61 Å². The third kappa shape index (κ3) is 2.75.